The lowest BCUT2D eigenvalue weighted by Crippen LogP contribution is -2.45. The van der Waals surface area contributed by atoms with Crippen molar-refractivity contribution >= 4 is 23.1 Å². The second-order valence-corrected chi connectivity index (χ2v) is 7.08. The van der Waals surface area contributed by atoms with Crippen LogP contribution >= 0.6 is 11.3 Å². The number of aromatic nitrogens is 1. The highest BCUT2D eigenvalue weighted by Crippen LogP contribution is 2.21. The Morgan fingerprint density at radius 2 is 2.40 bits per heavy atom. The number of nitrogens with one attached hydrogen (secondary N) is 2. The summed E-state index contributed by atoms with van der Waals surface area (Å²) in [5.74, 6) is 1.37. The predicted octanol–water partition coefficient (Wildman–Crippen LogP) is 2.83. The molecule has 0 spiro atoms. The normalized spacial score (nSPS) is 19.1. The van der Waals surface area contributed by atoms with Gasteiger partial charge in [-0.05, 0) is 46.9 Å². The van der Waals surface area contributed by atoms with Crippen molar-refractivity contribution in [3.8, 4) is 0 Å². The largest absolute Gasteiger partial charge is 0.356 e. The van der Waals surface area contributed by atoms with Crippen LogP contribution in [0.15, 0.2) is 40.1 Å². The van der Waals surface area contributed by atoms with Gasteiger partial charge in [0.1, 0.15) is 0 Å². The third kappa shape index (κ3) is 4.48. The molecule has 25 heavy (non-hydrogen) atoms. The molecule has 3 rings (SSSR count). The summed E-state index contributed by atoms with van der Waals surface area (Å²) in [5.41, 5.74) is 1.34. The molecule has 2 N–H and O–H groups in total. The van der Waals surface area contributed by atoms with E-state index >= 15 is 0 Å². The Labute approximate surface area is 152 Å². The molecule has 1 aliphatic heterocycles. The van der Waals surface area contributed by atoms with Crippen LogP contribution in [0.1, 0.15) is 24.8 Å². The van der Waals surface area contributed by atoms with Crippen molar-refractivity contribution in [3.63, 3.8) is 0 Å². The maximum Gasteiger partial charge on any atom is 0.191 e. The number of anilines is 1. The van der Waals surface area contributed by atoms with E-state index in [0.717, 1.165) is 25.5 Å². The number of nitrogens with zero attached hydrogens (tertiary/aromatic N) is 3. The zero-order chi connectivity index (χ0) is 17.6. The number of guanidine groups is 1. The number of hydrogen-bond donors (Lipinski definition) is 2. The molecule has 1 fully saturated rings. The van der Waals surface area contributed by atoms with E-state index in [-0.39, 0.29) is 11.9 Å². The third-order valence-electron chi connectivity index (χ3n) is 4.48. The molecule has 134 valence electrons. The molecule has 1 aliphatic rings. The predicted molar refractivity (Wildman–Crippen MR) is 102 cm³/mol. The van der Waals surface area contributed by atoms with E-state index in [9.17, 15) is 4.39 Å². The van der Waals surface area contributed by atoms with Crippen LogP contribution in [0.5, 0.6) is 0 Å². The van der Waals surface area contributed by atoms with E-state index in [1.54, 1.807) is 30.6 Å². The Balaban J connectivity index is 1.50. The van der Waals surface area contributed by atoms with Crippen LogP contribution in [0.4, 0.5) is 10.2 Å². The average Bonchev–Trinajstić information content (AvgIpc) is 3.30. The van der Waals surface area contributed by atoms with Gasteiger partial charge in [-0.2, -0.15) is 11.3 Å². The first-order valence-corrected chi connectivity index (χ1v) is 9.46. The molecule has 1 saturated heterocycles. The fourth-order valence-corrected chi connectivity index (χ4v) is 3.77. The summed E-state index contributed by atoms with van der Waals surface area (Å²) in [4.78, 5) is 10.4. The van der Waals surface area contributed by atoms with Gasteiger partial charge in [-0.15, -0.1) is 0 Å². The van der Waals surface area contributed by atoms with Gasteiger partial charge in [-0.3, -0.25) is 4.99 Å². The van der Waals surface area contributed by atoms with Gasteiger partial charge in [0.05, 0.1) is 0 Å². The van der Waals surface area contributed by atoms with Gasteiger partial charge < -0.3 is 15.5 Å². The van der Waals surface area contributed by atoms with Crippen LogP contribution in [0, 0.1) is 5.82 Å². The van der Waals surface area contributed by atoms with Gasteiger partial charge in [0.25, 0.3) is 0 Å². The summed E-state index contributed by atoms with van der Waals surface area (Å²) < 4.78 is 13.9. The lowest BCUT2D eigenvalue weighted by molar-refractivity contribution is 0.611. The molecule has 5 nitrogen and oxygen atoms in total. The second kappa shape index (κ2) is 8.29. The standard InChI is InChI=1S/C18H24FN5S/c1-13(14-6-9-25-12-14)10-22-18(20-2)23-15-5-8-24(11-15)17-16(19)4-3-7-21-17/h3-4,6-7,9,12-13,15H,5,8,10-11H2,1-2H3,(H2,20,22,23). The summed E-state index contributed by atoms with van der Waals surface area (Å²) in [6, 6.07) is 5.45. The van der Waals surface area contributed by atoms with Gasteiger partial charge >= 0.3 is 0 Å². The summed E-state index contributed by atoms with van der Waals surface area (Å²) >= 11 is 1.72. The van der Waals surface area contributed by atoms with E-state index in [4.69, 9.17) is 0 Å². The minimum atomic E-state index is -0.268. The van der Waals surface area contributed by atoms with Crippen molar-refractivity contribution in [3.05, 3.63) is 46.5 Å². The zero-order valence-electron chi connectivity index (χ0n) is 14.6. The molecule has 2 aromatic heterocycles. The second-order valence-electron chi connectivity index (χ2n) is 6.30. The first-order valence-electron chi connectivity index (χ1n) is 8.52. The molecule has 0 aromatic carbocycles. The summed E-state index contributed by atoms with van der Waals surface area (Å²) in [6.07, 6.45) is 2.56. The van der Waals surface area contributed by atoms with Crippen LogP contribution in [-0.4, -0.2) is 43.7 Å². The SMILES string of the molecule is CN=C(NCC(C)c1ccsc1)NC1CCN(c2ncccc2F)C1. The van der Waals surface area contributed by atoms with Crippen molar-refractivity contribution in [2.24, 2.45) is 4.99 Å². The fourth-order valence-electron chi connectivity index (χ4n) is 2.99. The molecule has 0 aliphatic carbocycles. The molecule has 0 saturated carbocycles. The van der Waals surface area contributed by atoms with Crippen molar-refractivity contribution in [2.45, 2.75) is 25.3 Å². The number of pyridine rings is 1. The van der Waals surface area contributed by atoms with Gasteiger partial charge in [-0.25, -0.2) is 9.37 Å². The maximum atomic E-state index is 13.9. The van der Waals surface area contributed by atoms with E-state index in [1.807, 2.05) is 4.90 Å². The average molecular weight is 361 g/mol. The highest BCUT2D eigenvalue weighted by atomic mass is 32.1. The van der Waals surface area contributed by atoms with Crippen molar-refractivity contribution in [1.29, 1.82) is 0 Å². The topological polar surface area (TPSA) is 52.6 Å². The van der Waals surface area contributed by atoms with Crippen LogP contribution in [0.2, 0.25) is 0 Å². The van der Waals surface area contributed by atoms with E-state index in [0.29, 0.717) is 18.3 Å². The molecule has 3 heterocycles. The van der Waals surface area contributed by atoms with E-state index in [2.05, 4.69) is 44.4 Å². The number of rotatable bonds is 5. The van der Waals surface area contributed by atoms with Gasteiger partial charge in [0, 0.05) is 38.9 Å². The summed E-state index contributed by atoms with van der Waals surface area (Å²) in [5, 5.41) is 11.1. The lowest BCUT2D eigenvalue weighted by atomic mass is 10.1. The fraction of sp³-hybridized carbons (Fsp3) is 0.444. The molecular weight excluding hydrogens is 337 g/mol. The monoisotopic (exact) mass is 361 g/mol. The molecule has 0 radical (unpaired) electrons. The first-order chi connectivity index (χ1) is 12.2. The minimum absolute atomic E-state index is 0.226. The van der Waals surface area contributed by atoms with Crippen molar-refractivity contribution < 1.29 is 4.39 Å². The van der Waals surface area contributed by atoms with E-state index in [1.165, 1.54) is 11.6 Å². The summed E-state index contributed by atoms with van der Waals surface area (Å²) in [7, 11) is 1.77. The third-order valence-corrected chi connectivity index (χ3v) is 5.18. The zero-order valence-corrected chi connectivity index (χ0v) is 15.4. The molecular formula is C18H24FN5S. The number of hydrogen-bond acceptors (Lipinski definition) is 4. The number of aliphatic imine (C=N–C) groups is 1. The highest BCUT2D eigenvalue weighted by Gasteiger charge is 2.26. The molecule has 7 heteroatoms. The summed E-state index contributed by atoms with van der Waals surface area (Å²) in [6.45, 7) is 4.52. The molecule has 0 bridgehead atoms. The van der Waals surface area contributed by atoms with Gasteiger partial charge in [-0.1, -0.05) is 6.92 Å². The molecule has 2 unspecified atom stereocenters. The van der Waals surface area contributed by atoms with Gasteiger partial charge in [0.15, 0.2) is 17.6 Å². The Bertz CT molecular complexity index is 703. The molecule has 2 atom stereocenters. The lowest BCUT2D eigenvalue weighted by Gasteiger charge is -2.20. The Morgan fingerprint density at radius 1 is 1.52 bits per heavy atom. The Hall–Kier alpha value is -2.15. The molecule has 0 amide bonds. The van der Waals surface area contributed by atoms with Gasteiger partial charge in [0.2, 0.25) is 0 Å². The molecule has 2 aromatic rings. The van der Waals surface area contributed by atoms with Crippen molar-refractivity contribution in [2.75, 3.05) is 31.6 Å². The Morgan fingerprint density at radius 3 is 3.12 bits per heavy atom. The minimum Gasteiger partial charge on any atom is -0.356 e. The van der Waals surface area contributed by atoms with Crippen LogP contribution in [-0.2, 0) is 0 Å². The highest BCUT2D eigenvalue weighted by molar-refractivity contribution is 7.07. The van der Waals surface area contributed by atoms with Crippen molar-refractivity contribution in [1.82, 2.24) is 15.6 Å². The first kappa shape index (κ1) is 17.7. The van der Waals surface area contributed by atoms with E-state index < -0.39 is 0 Å². The maximum absolute atomic E-state index is 13.9. The number of halogens is 1. The number of thiophene rings is 1. The van der Waals surface area contributed by atoms with Crippen LogP contribution < -0.4 is 15.5 Å². The van der Waals surface area contributed by atoms with Crippen LogP contribution in [0.3, 0.4) is 0 Å². The van der Waals surface area contributed by atoms with Crippen LogP contribution in [0.25, 0.3) is 0 Å². The smallest absolute Gasteiger partial charge is 0.191 e. The quantitative estimate of drug-likeness (QED) is 0.635. The Kier molecular flexibility index (Phi) is 5.86.